The summed E-state index contributed by atoms with van der Waals surface area (Å²) in [7, 11) is -3.39. The first kappa shape index (κ1) is 15.4. The molecule has 0 heterocycles. The third-order valence-electron chi connectivity index (χ3n) is 2.81. The van der Waals surface area contributed by atoms with Crippen molar-refractivity contribution >= 4 is 15.9 Å². The van der Waals surface area contributed by atoms with E-state index in [-0.39, 0.29) is 30.9 Å². The lowest BCUT2D eigenvalue weighted by Gasteiger charge is -2.25. The van der Waals surface area contributed by atoms with Crippen molar-refractivity contribution in [3.05, 3.63) is 0 Å². The van der Waals surface area contributed by atoms with Crippen molar-refractivity contribution in [1.29, 1.82) is 0 Å². The number of carbonyl (C=O) groups excluding carboxylic acids is 1. The monoisotopic (exact) mass is 278 g/mol. The van der Waals surface area contributed by atoms with E-state index in [4.69, 9.17) is 5.11 Å². The molecule has 1 aliphatic rings. The summed E-state index contributed by atoms with van der Waals surface area (Å²) in [5.74, 6) is -0.236. The Labute approximate surface area is 108 Å². The molecule has 1 rings (SSSR count). The van der Waals surface area contributed by atoms with Gasteiger partial charge < -0.3 is 10.0 Å². The van der Waals surface area contributed by atoms with E-state index in [0.29, 0.717) is 6.42 Å². The Hall–Kier alpha value is -0.660. The Bertz CT molecular complexity index is 379. The van der Waals surface area contributed by atoms with Gasteiger partial charge in [-0.3, -0.25) is 4.79 Å². The minimum Gasteiger partial charge on any atom is -0.395 e. The Morgan fingerprint density at radius 1 is 1.50 bits per heavy atom. The van der Waals surface area contributed by atoms with Gasteiger partial charge in [-0.15, -0.1) is 0 Å². The molecule has 0 radical (unpaired) electrons. The second kappa shape index (κ2) is 6.49. The van der Waals surface area contributed by atoms with E-state index in [0.717, 1.165) is 12.8 Å². The number of hydrogen-bond acceptors (Lipinski definition) is 4. The third-order valence-corrected chi connectivity index (χ3v) is 4.47. The van der Waals surface area contributed by atoms with E-state index in [1.165, 1.54) is 0 Å². The molecule has 1 fully saturated rings. The molecule has 0 spiro atoms. The van der Waals surface area contributed by atoms with Crippen LogP contribution in [0.4, 0.5) is 0 Å². The predicted octanol–water partition coefficient (Wildman–Crippen LogP) is -0.312. The summed E-state index contributed by atoms with van der Waals surface area (Å²) in [4.78, 5) is 13.7. The SMILES string of the molecule is CCCS(=O)(=O)NC(C)C(=O)N(CCO)C1CC1. The van der Waals surface area contributed by atoms with E-state index in [2.05, 4.69) is 4.72 Å². The number of hydrogen-bond donors (Lipinski definition) is 2. The van der Waals surface area contributed by atoms with E-state index < -0.39 is 16.1 Å². The van der Waals surface area contributed by atoms with Crippen molar-refractivity contribution in [2.45, 2.75) is 45.2 Å². The first-order chi connectivity index (χ1) is 8.41. The standard InChI is InChI=1S/C11H22N2O4S/c1-3-8-18(16,17)12-9(2)11(15)13(6-7-14)10-4-5-10/h9-10,12,14H,3-8H2,1-2H3. The van der Waals surface area contributed by atoms with Crippen LogP contribution in [0.1, 0.15) is 33.1 Å². The summed E-state index contributed by atoms with van der Waals surface area (Å²) in [6, 6.07) is -0.600. The molecule has 1 saturated carbocycles. The molecule has 0 bridgehead atoms. The highest BCUT2D eigenvalue weighted by molar-refractivity contribution is 7.89. The van der Waals surface area contributed by atoms with E-state index in [9.17, 15) is 13.2 Å². The number of amides is 1. The van der Waals surface area contributed by atoms with Crippen LogP contribution in [0.15, 0.2) is 0 Å². The van der Waals surface area contributed by atoms with Crippen LogP contribution in [0.25, 0.3) is 0 Å². The smallest absolute Gasteiger partial charge is 0.240 e. The van der Waals surface area contributed by atoms with Gasteiger partial charge in [0.25, 0.3) is 0 Å². The second-order valence-electron chi connectivity index (χ2n) is 4.64. The van der Waals surface area contributed by atoms with Crippen LogP contribution in [0.2, 0.25) is 0 Å². The number of carbonyl (C=O) groups is 1. The molecule has 106 valence electrons. The Kier molecular flexibility index (Phi) is 5.55. The molecular formula is C11H22N2O4S. The minimum absolute atomic E-state index is 0.0219. The fraction of sp³-hybridized carbons (Fsp3) is 0.909. The number of aliphatic hydroxyl groups is 1. The van der Waals surface area contributed by atoms with Gasteiger partial charge in [-0.1, -0.05) is 6.92 Å². The zero-order chi connectivity index (χ0) is 13.8. The van der Waals surface area contributed by atoms with Crippen molar-refractivity contribution in [2.24, 2.45) is 0 Å². The largest absolute Gasteiger partial charge is 0.395 e. The number of rotatable bonds is 8. The molecule has 0 aromatic rings. The van der Waals surface area contributed by atoms with Gasteiger partial charge in [0.2, 0.25) is 15.9 Å². The first-order valence-electron chi connectivity index (χ1n) is 6.32. The number of sulfonamides is 1. The van der Waals surface area contributed by atoms with Crippen molar-refractivity contribution in [1.82, 2.24) is 9.62 Å². The van der Waals surface area contributed by atoms with Crippen LogP contribution in [0.3, 0.4) is 0 Å². The van der Waals surface area contributed by atoms with Gasteiger partial charge >= 0.3 is 0 Å². The molecule has 1 atom stereocenters. The van der Waals surface area contributed by atoms with Crippen LogP contribution >= 0.6 is 0 Å². The minimum atomic E-state index is -3.39. The van der Waals surface area contributed by atoms with Crippen molar-refractivity contribution < 1.29 is 18.3 Å². The summed E-state index contributed by atoms with van der Waals surface area (Å²) < 4.78 is 25.5. The summed E-state index contributed by atoms with van der Waals surface area (Å²) in [5, 5.41) is 8.93. The number of nitrogens with one attached hydrogen (secondary N) is 1. The molecule has 1 unspecified atom stereocenters. The molecule has 7 heteroatoms. The van der Waals surface area contributed by atoms with E-state index in [1.54, 1.807) is 18.7 Å². The van der Waals surface area contributed by atoms with E-state index >= 15 is 0 Å². The summed E-state index contributed by atoms with van der Waals surface area (Å²) >= 11 is 0. The van der Waals surface area contributed by atoms with Gasteiger partial charge in [0, 0.05) is 12.6 Å². The topological polar surface area (TPSA) is 86.7 Å². The van der Waals surface area contributed by atoms with Crippen molar-refractivity contribution in [2.75, 3.05) is 18.9 Å². The Balaban J connectivity index is 2.59. The lowest BCUT2D eigenvalue weighted by Crippen LogP contribution is -2.49. The number of aliphatic hydroxyl groups excluding tert-OH is 1. The fourth-order valence-corrected chi connectivity index (χ4v) is 3.16. The molecule has 0 saturated heterocycles. The van der Waals surface area contributed by atoms with Gasteiger partial charge in [-0.2, -0.15) is 0 Å². The Morgan fingerprint density at radius 3 is 2.56 bits per heavy atom. The molecule has 1 aliphatic carbocycles. The molecule has 2 N–H and O–H groups in total. The maximum atomic E-state index is 12.1. The molecule has 0 aliphatic heterocycles. The summed E-state index contributed by atoms with van der Waals surface area (Å²) in [6.45, 7) is 3.48. The lowest BCUT2D eigenvalue weighted by molar-refractivity contribution is -0.133. The van der Waals surface area contributed by atoms with E-state index in [1.807, 2.05) is 0 Å². The second-order valence-corrected chi connectivity index (χ2v) is 6.52. The van der Waals surface area contributed by atoms with Crippen molar-refractivity contribution in [3.8, 4) is 0 Å². The maximum absolute atomic E-state index is 12.1. The van der Waals surface area contributed by atoms with Crippen molar-refractivity contribution in [3.63, 3.8) is 0 Å². The summed E-state index contributed by atoms with van der Waals surface area (Å²) in [6.07, 6.45) is 2.37. The highest BCUT2D eigenvalue weighted by Gasteiger charge is 2.34. The molecule has 6 nitrogen and oxygen atoms in total. The highest BCUT2D eigenvalue weighted by atomic mass is 32.2. The van der Waals surface area contributed by atoms with Crippen LogP contribution in [0, 0.1) is 0 Å². The van der Waals surface area contributed by atoms with Gasteiger partial charge in [0.15, 0.2) is 0 Å². The zero-order valence-corrected chi connectivity index (χ0v) is 11.7. The van der Waals surface area contributed by atoms with Crippen LogP contribution in [0.5, 0.6) is 0 Å². The molecule has 18 heavy (non-hydrogen) atoms. The summed E-state index contributed by atoms with van der Waals surface area (Å²) in [5.41, 5.74) is 0. The normalized spacial score (nSPS) is 17.5. The molecule has 0 aromatic carbocycles. The third kappa shape index (κ3) is 4.55. The van der Waals surface area contributed by atoms with Crippen LogP contribution in [-0.4, -0.2) is 55.3 Å². The lowest BCUT2D eigenvalue weighted by atomic mass is 10.3. The first-order valence-corrected chi connectivity index (χ1v) is 7.98. The maximum Gasteiger partial charge on any atom is 0.240 e. The molecule has 1 amide bonds. The van der Waals surface area contributed by atoms with Gasteiger partial charge in [0.1, 0.15) is 0 Å². The van der Waals surface area contributed by atoms with Gasteiger partial charge in [0.05, 0.1) is 18.4 Å². The predicted molar refractivity (Wildman–Crippen MR) is 68.5 cm³/mol. The zero-order valence-electron chi connectivity index (χ0n) is 10.9. The van der Waals surface area contributed by atoms with Crippen LogP contribution in [-0.2, 0) is 14.8 Å². The number of nitrogens with zero attached hydrogens (tertiary/aromatic N) is 1. The van der Waals surface area contributed by atoms with Gasteiger partial charge in [-0.25, -0.2) is 13.1 Å². The fourth-order valence-electron chi connectivity index (χ4n) is 1.86. The van der Waals surface area contributed by atoms with Crippen LogP contribution < -0.4 is 4.72 Å². The molecule has 0 aromatic heterocycles. The average Bonchev–Trinajstić information content (AvgIpc) is 3.07. The average molecular weight is 278 g/mol. The van der Waals surface area contributed by atoms with Gasteiger partial charge in [-0.05, 0) is 26.2 Å². The highest BCUT2D eigenvalue weighted by Crippen LogP contribution is 2.27. The molecular weight excluding hydrogens is 256 g/mol. The Morgan fingerprint density at radius 2 is 2.11 bits per heavy atom. The quantitative estimate of drug-likeness (QED) is 0.637.